The van der Waals surface area contributed by atoms with Crippen molar-refractivity contribution >= 4 is 38.8 Å². The van der Waals surface area contributed by atoms with Crippen molar-refractivity contribution in [2.45, 2.75) is 12.4 Å². The first kappa shape index (κ1) is 20.3. The molecule has 0 spiro atoms. The topological polar surface area (TPSA) is 9.23 Å². The van der Waals surface area contributed by atoms with E-state index in [4.69, 9.17) is 4.74 Å². The Labute approximate surface area is 153 Å². The molecule has 0 aliphatic carbocycles. The number of alkyl halides is 6. The quantitative estimate of drug-likeness (QED) is 0.343. The van der Waals surface area contributed by atoms with Crippen molar-refractivity contribution in [3.05, 3.63) is 59.7 Å². The van der Waals surface area contributed by atoms with Crippen LogP contribution in [0.15, 0.2) is 48.5 Å². The molecule has 9 heteroatoms. The Kier molecular flexibility index (Phi) is 7.00. The Bertz CT molecular complexity index is 640. The zero-order chi connectivity index (χ0) is 18.5. The number of hydrogen-bond donors (Lipinski definition) is 0. The van der Waals surface area contributed by atoms with Crippen LogP contribution in [0.3, 0.4) is 0 Å². The molecule has 0 amide bonds. The number of halogens is 6. The maximum atomic E-state index is 12.6. The Morgan fingerprint density at radius 3 is 1.44 bits per heavy atom. The molecule has 0 saturated heterocycles. The molecular formula is C16H12F6OSe2. The van der Waals surface area contributed by atoms with Crippen LogP contribution in [0.5, 0.6) is 0 Å². The van der Waals surface area contributed by atoms with E-state index in [1.54, 1.807) is 12.1 Å². The van der Waals surface area contributed by atoms with Crippen molar-refractivity contribution in [3.8, 4) is 0 Å². The third-order valence-corrected chi connectivity index (χ3v) is 6.60. The van der Waals surface area contributed by atoms with Gasteiger partial charge < -0.3 is 0 Å². The molecule has 25 heavy (non-hydrogen) atoms. The van der Waals surface area contributed by atoms with Gasteiger partial charge in [-0.2, -0.15) is 0 Å². The van der Waals surface area contributed by atoms with Gasteiger partial charge in [-0.25, -0.2) is 0 Å². The van der Waals surface area contributed by atoms with E-state index in [0.29, 0.717) is 8.92 Å². The SMILES string of the molecule is FC(F)(F)c1cccc([Se]COC[Se]c2cccc(C(F)(F)F)c2)c1. The number of rotatable bonds is 6. The fourth-order valence-electron chi connectivity index (χ4n) is 1.78. The first-order chi connectivity index (χ1) is 11.7. The summed E-state index contributed by atoms with van der Waals surface area (Å²) in [6.07, 6.45) is -8.75. The van der Waals surface area contributed by atoms with Crippen LogP contribution in [0.1, 0.15) is 11.1 Å². The second-order valence-electron chi connectivity index (χ2n) is 4.78. The molecule has 0 bridgehead atoms. The van der Waals surface area contributed by atoms with Crippen molar-refractivity contribution in [2.75, 3.05) is 11.0 Å². The Morgan fingerprint density at radius 1 is 0.680 bits per heavy atom. The van der Waals surface area contributed by atoms with Crippen LogP contribution < -0.4 is 8.92 Å². The third kappa shape index (κ3) is 6.68. The van der Waals surface area contributed by atoms with Gasteiger partial charge in [0.05, 0.1) is 0 Å². The number of hydrogen-bond acceptors (Lipinski definition) is 1. The van der Waals surface area contributed by atoms with Crippen molar-refractivity contribution in [1.82, 2.24) is 0 Å². The second kappa shape index (κ2) is 8.60. The molecule has 2 rings (SSSR count). The van der Waals surface area contributed by atoms with Crippen LogP contribution in [-0.2, 0) is 17.1 Å². The molecule has 0 fully saturated rings. The van der Waals surface area contributed by atoms with Crippen molar-refractivity contribution < 1.29 is 31.1 Å². The summed E-state index contributed by atoms with van der Waals surface area (Å²) < 4.78 is 82.2. The van der Waals surface area contributed by atoms with Gasteiger partial charge >= 0.3 is 153 Å². The molecule has 0 atom stereocenters. The molecule has 0 radical (unpaired) electrons. The van der Waals surface area contributed by atoms with E-state index < -0.39 is 23.5 Å². The first-order valence-electron chi connectivity index (χ1n) is 6.84. The summed E-state index contributed by atoms with van der Waals surface area (Å²) >= 11 is -0.573. The van der Waals surface area contributed by atoms with Crippen LogP contribution >= 0.6 is 0 Å². The van der Waals surface area contributed by atoms with Crippen LogP contribution in [0, 0.1) is 0 Å². The molecule has 136 valence electrons. The first-order valence-corrected chi connectivity index (χ1v) is 11.0. The van der Waals surface area contributed by atoms with Crippen LogP contribution in [0.4, 0.5) is 26.3 Å². The normalized spacial score (nSPS) is 12.4. The van der Waals surface area contributed by atoms with E-state index in [9.17, 15) is 26.3 Å². The van der Waals surface area contributed by atoms with Crippen molar-refractivity contribution in [3.63, 3.8) is 0 Å². The molecule has 2 aromatic rings. The molecule has 2 aromatic carbocycles. The van der Waals surface area contributed by atoms with E-state index in [2.05, 4.69) is 0 Å². The van der Waals surface area contributed by atoms with E-state index in [1.165, 1.54) is 12.1 Å². The standard InChI is InChI=1S/C16H12F6OSe2/c17-15(18,19)11-3-1-5-13(7-11)24-9-23-10-25-14-6-2-4-12(8-14)16(20,21)22/h1-8H,9-10H2. The van der Waals surface area contributed by atoms with Gasteiger partial charge in [0.15, 0.2) is 0 Å². The summed E-state index contributed by atoms with van der Waals surface area (Å²) in [6.45, 7) is 0. The van der Waals surface area contributed by atoms with Crippen LogP contribution in [0.25, 0.3) is 0 Å². The van der Waals surface area contributed by atoms with Gasteiger partial charge in [-0.15, -0.1) is 0 Å². The fourth-order valence-corrected chi connectivity index (χ4v) is 5.20. The minimum atomic E-state index is -4.38. The Morgan fingerprint density at radius 2 is 1.08 bits per heavy atom. The summed E-state index contributed by atoms with van der Waals surface area (Å²) in [4.78, 5) is 0. The Hall–Kier alpha value is -0.981. The fraction of sp³-hybridized carbons (Fsp3) is 0.250. The number of benzene rings is 2. The number of ether oxygens (including phenoxy) is 1. The van der Waals surface area contributed by atoms with Gasteiger partial charge in [0.1, 0.15) is 0 Å². The summed E-state index contributed by atoms with van der Waals surface area (Å²) in [5.41, 5.74) is -0.843. The van der Waals surface area contributed by atoms with Crippen molar-refractivity contribution in [2.24, 2.45) is 0 Å². The van der Waals surface area contributed by atoms with Gasteiger partial charge in [-0.1, -0.05) is 0 Å². The monoisotopic (exact) mass is 494 g/mol. The molecule has 0 aliphatic heterocycles. The van der Waals surface area contributed by atoms with Gasteiger partial charge in [0, 0.05) is 0 Å². The summed E-state index contributed by atoms with van der Waals surface area (Å²) in [7, 11) is 0. The molecule has 0 aliphatic rings. The molecule has 0 N–H and O–H groups in total. The Balaban J connectivity index is 1.79. The van der Waals surface area contributed by atoms with Gasteiger partial charge in [0.25, 0.3) is 0 Å². The molecule has 0 aromatic heterocycles. The zero-order valence-electron chi connectivity index (χ0n) is 12.5. The summed E-state index contributed by atoms with van der Waals surface area (Å²) in [5.74, 6) is 0. The van der Waals surface area contributed by atoms with Gasteiger partial charge in [-0.3, -0.25) is 0 Å². The molecule has 1 nitrogen and oxygen atoms in total. The second-order valence-corrected chi connectivity index (χ2v) is 8.96. The molecule has 0 unspecified atom stereocenters. The van der Waals surface area contributed by atoms with E-state index >= 15 is 0 Å². The van der Waals surface area contributed by atoms with Crippen molar-refractivity contribution in [1.29, 1.82) is 0 Å². The predicted molar refractivity (Wildman–Crippen MR) is 84.5 cm³/mol. The maximum absolute atomic E-state index is 12.6. The summed E-state index contributed by atoms with van der Waals surface area (Å²) in [6, 6.07) is 10.1. The van der Waals surface area contributed by atoms with E-state index in [-0.39, 0.29) is 40.9 Å². The van der Waals surface area contributed by atoms with Crippen LogP contribution in [0.2, 0.25) is 0 Å². The molecule has 0 heterocycles. The zero-order valence-corrected chi connectivity index (χ0v) is 16.0. The van der Waals surface area contributed by atoms with E-state index in [0.717, 1.165) is 24.3 Å². The third-order valence-electron chi connectivity index (χ3n) is 2.94. The van der Waals surface area contributed by atoms with Gasteiger partial charge in [0.2, 0.25) is 0 Å². The minimum absolute atomic E-state index is 0.273. The average Bonchev–Trinajstić information content (AvgIpc) is 2.53. The van der Waals surface area contributed by atoms with E-state index in [1.807, 2.05) is 0 Å². The average molecular weight is 492 g/mol. The van der Waals surface area contributed by atoms with Crippen LogP contribution in [-0.4, -0.2) is 40.9 Å². The molecule has 0 saturated carbocycles. The summed E-state index contributed by atoms with van der Waals surface area (Å²) in [5, 5.41) is 0. The predicted octanol–water partition coefficient (Wildman–Crippen LogP) is 3.02. The van der Waals surface area contributed by atoms with Gasteiger partial charge in [-0.05, 0) is 0 Å². The molecular weight excluding hydrogens is 480 g/mol.